The van der Waals surface area contributed by atoms with Gasteiger partial charge in [-0.3, -0.25) is 0 Å². The van der Waals surface area contributed by atoms with Crippen molar-refractivity contribution >= 4 is 21.6 Å². The number of benzene rings is 1. The number of halogens is 1. The molecule has 1 aliphatic heterocycles. The van der Waals surface area contributed by atoms with Crippen LogP contribution in [-0.4, -0.2) is 23.7 Å². The van der Waals surface area contributed by atoms with Gasteiger partial charge in [0.1, 0.15) is 17.0 Å². The van der Waals surface area contributed by atoms with Gasteiger partial charge in [0, 0.05) is 11.2 Å². The average molecular weight is 375 g/mol. The molecule has 0 amide bonds. The minimum atomic E-state index is 0.134. The van der Waals surface area contributed by atoms with Crippen molar-refractivity contribution in [2.24, 2.45) is 0 Å². The SMILES string of the molecule is CC1CC(C)(C)N(CCOc2ccc(Br)nc2)c2ccccc21. The van der Waals surface area contributed by atoms with Crippen molar-refractivity contribution in [3.8, 4) is 5.75 Å². The molecule has 0 spiro atoms. The molecule has 0 N–H and O–H groups in total. The van der Waals surface area contributed by atoms with Crippen molar-refractivity contribution in [3.05, 3.63) is 52.8 Å². The summed E-state index contributed by atoms with van der Waals surface area (Å²) in [6.07, 6.45) is 2.91. The number of aromatic nitrogens is 1. The van der Waals surface area contributed by atoms with Crippen molar-refractivity contribution in [2.45, 2.75) is 38.6 Å². The maximum atomic E-state index is 5.87. The van der Waals surface area contributed by atoms with E-state index in [1.807, 2.05) is 12.1 Å². The van der Waals surface area contributed by atoms with Crippen LogP contribution in [0.15, 0.2) is 47.2 Å². The number of rotatable bonds is 4. The summed E-state index contributed by atoms with van der Waals surface area (Å²) in [5, 5.41) is 0. The molecule has 1 aromatic heterocycles. The van der Waals surface area contributed by atoms with Crippen LogP contribution in [-0.2, 0) is 0 Å². The molecule has 122 valence electrons. The summed E-state index contributed by atoms with van der Waals surface area (Å²) in [5.74, 6) is 1.40. The number of hydrogen-bond donors (Lipinski definition) is 0. The Hall–Kier alpha value is -1.55. The van der Waals surface area contributed by atoms with Crippen LogP contribution in [0, 0.1) is 0 Å². The van der Waals surface area contributed by atoms with Gasteiger partial charge in [0.2, 0.25) is 0 Å². The maximum Gasteiger partial charge on any atom is 0.137 e. The lowest BCUT2D eigenvalue weighted by Gasteiger charge is -2.47. The van der Waals surface area contributed by atoms with Gasteiger partial charge >= 0.3 is 0 Å². The predicted molar refractivity (Wildman–Crippen MR) is 98.3 cm³/mol. The first-order valence-corrected chi connectivity index (χ1v) is 8.87. The second-order valence-electron chi connectivity index (χ2n) is 6.79. The van der Waals surface area contributed by atoms with E-state index in [0.29, 0.717) is 12.5 Å². The third kappa shape index (κ3) is 3.52. The monoisotopic (exact) mass is 374 g/mol. The van der Waals surface area contributed by atoms with E-state index in [2.05, 4.69) is 70.9 Å². The lowest BCUT2D eigenvalue weighted by molar-refractivity contribution is 0.293. The van der Waals surface area contributed by atoms with Gasteiger partial charge in [0.05, 0.1) is 12.7 Å². The number of pyridine rings is 1. The number of ether oxygens (including phenoxy) is 1. The van der Waals surface area contributed by atoms with Gasteiger partial charge in [-0.25, -0.2) is 4.98 Å². The number of fused-ring (bicyclic) bond motifs is 1. The van der Waals surface area contributed by atoms with E-state index in [-0.39, 0.29) is 5.54 Å². The highest BCUT2D eigenvalue weighted by molar-refractivity contribution is 9.10. The van der Waals surface area contributed by atoms with Gasteiger partial charge in [-0.1, -0.05) is 25.1 Å². The standard InChI is InChI=1S/C19H23BrN2O/c1-14-12-19(2,3)22(17-7-5-4-6-16(14)17)10-11-23-15-8-9-18(20)21-13-15/h4-9,13-14H,10-12H2,1-3H3. The van der Waals surface area contributed by atoms with Crippen LogP contribution in [0.3, 0.4) is 0 Å². The van der Waals surface area contributed by atoms with Crippen LogP contribution in [0.1, 0.15) is 38.7 Å². The summed E-state index contributed by atoms with van der Waals surface area (Å²) in [6.45, 7) is 8.48. The Morgan fingerprint density at radius 1 is 1.26 bits per heavy atom. The first-order valence-electron chi connectivity index (χ1n) is 8.08. The zero-order valence-electron chi connectivity index (χ0n) is 13.9. The number of hydrogen-bond acceptors (Lipinski definition) is 3. The highest BCUT2D eigenvalue weighted by Gasteiger charge is 2.35. The minimum absolute atomic E-state index is 0.134. The quantitative estimate of drug-likeness (QED) is 0.702. The van der Waals surface area contributed by atoms with Crippen molar-refractivity contribution in [1.82, 2.24) is 4.98 Å². The van der Waals surface area contributed by atoms with Crippen molar-refractivity contribution < 1.29 is 4.74 Å². The Morgan fingerprint density at radius 2 is 2.04 bits per heavy atom. The highest BCUT2D eigenvalue weighted by Crippen LogP contribution is 2.42. The third-order valence-electron chi connectivity index (χ3n) is 4.58. The fourth-order valence-electron chi connectivity index (χ4n) is 3.57. The number of nitrogens with zero attached hydrogens (tertiary/aromatic N) is 2. The van der Waals surface area contributed by atoms with Crippen LogP contribution in [0.2, 0.25) is 0 Å². The molecule has 0 saturated carbocycles. The molecule has 4 heteroatoms. The molecule has 3 rings (SSSR count). The Labute approximate surface area is 146 Å². The van der Waals surface area contributed by atoms with Crippen LogP contribution in [0.25, 0.3) is 0 Å². The van der Waals surface area contributed by atoms with Crippen molar-refractivity contribution in [2.75, 3.05) is 18.1 Å². The Morgan fingerprint density at radius 3 is 2.78 bits per heavy atom. The normalized spacial score (nSPS) is 19.3. The summed E-state index contributed by atoms with van der Waals surface area (Å²) < 4.78 is 6.70. The highest BCUT2D eigenvalue weighted by atomic mass is 79.9. The molecule has 23 heavy (non-hydrogen) atoms. The molecule has 3 nitrogen and oxygen atoms in total. The van der Waals surface area contributed by atoms with Gasteiger partial charge in [-0.2, -0.15) is 0 Å². The van der Waals surface area contributed by atoms with E-state index in [9.17, 15) is 0 Å². The summed E-state index contributed by atoms with van der Waals surface area (Å²) in [6, 6.07) is 12.6. The lowest BCUT2D eigenvalue weighted by Crippen LogP contribution is -2.50. The summed E-state index contributed by atoms with van der Waals surface area (Å²) in [7, 11) is 0. The Bertz CT molecular complexity index is 669. The van der Waals surface area contributed by atoms with Gasteiger partial charge < -0.3 is 9.64 Å². The zero-order chi connectivity index (χ0) is 16.4. The van der Waals surface area contributed by atoms with Gasteiger partial charge in [0.25, 0.3) is 0 Å². The first kappa shape index (κ1) is 16.3. The minimum Gasteiger partial charge on any atom is -0.490 e. The van der Waals surface area contributed by atoms with E-state index in [4.69, 9.17) is 4.74 Å². The van der Waals surface area contributed by atoms with Crippen LogP contribution in [0.4, 0.5) is 5.69 Å². The molecule has 1 aromatic carbocycles. The Balaban J connectivity index is 1.73. The molecule has 1 atom stereocenters. The Kier molecular flexibility index (Phi) is 4.62. The predicted octanol–water partition coefficient (Wildman–Crippen LogP) is 5.02. The molecule has 0 bridgehead atoms. The van der Waals surface area contributed by atoms with E-state index >= 15 is 0 Å². The molecule has 2 aromatic rings. The number of para-hydroxylation sites is 1. The van der Waals surface area contributed by atoms with Crippen LogP contribution >= 0.6 is 15.9 Å². The first-order chi connectivity index (χ1) is 11.0. The zero-order valence-corrected chi connectivity index (χ0v) is 15.5. The van der Waals surface area contributed by atoms with E-state index < -0.39 is 0 Å². The van der Waals surface area contributed by atoms with Crippen molar-refractivity contribution in [1.29, 1.82) is 0 Å². The van der Waals surface area contributed by atoms with Gasteiger partial charge in [-0.15, -0.1) is 0 Å². The molecule has 0 radical (unpaired) electrons. The molecular weight excluding hydrogens is 352 g/mol. The smallest absolute Gasteiger partial charge is 0.137 e. The average Bonchev–Trinajstić information content (AvgIpc) is 2.52. The molecule has 1 aliphatic rings. The molecule has 2 heterocycles. The topological polar surface area (TPSA) is 25.4 Å². The van der Waals surface area contributed by atoms with Crippen molar-refractivity contribution in [3.63, 3.8) is 0 Å². The second-order valence-corrected chi connectivity index (χ2v) is 7.61. The fraction of sp³-hybridized carbons (Fsp3) is 0.421. The molecule has 0 saturated heterocycles. The van der Waals surface area contributed by atoms with Gasteiger partial charge in [0.15, 0.2) is 0 Å². The van der Waals surface area contributed by atoms with E-state index in [1.54, 1.807) is 6.20 Å². The summed E-state index contributed by atoms with van der Waals surface area (Å²) in [4.78, 5) is 6.68. The van der Waals surface area contributed by atoms with Crippen LogP contribution < -0.4 is 9.64 Å². The summed E-state index contributed by atoms with van der Waals surface area (Å²) in [5.41, 5.74) is 2.92. The van der Waals surface area contributed by atoms with E-state index in [0.717, 1.165) is 23.3 Å². The lowest BCUT2D eigenvalue weighted by atomic mass is 9.80. The molecule has 1 unspecified atom stereocenters. The number of anilines is 1. The largest absolute Gasteiger partial charge is 0.490 e. The van der Waals surface area contributed by atoms with Crippen LogP contribution in [0.5, 0.6) is 5.75 Å². The maximum absolute atomic E-state index is 5.87. The second kappa shape index (κ2) is 6.52. The summed E-state index contributed by atoms with van der Waals surface area (Å²) >= 11 is 3.34. The molecule has 0 fully saturated rings. The van der Waals surface area contributed by atoms with Gasteiger partial charge in [-0.05, 0) is 65.9 Å². The molecular formula is C19H23BrN2O. The molecule has 0 aliphatic carbocycles. The van der Waals surface area contributed by atoms with E-state index in [1.165, 1.54) is 11.3 Å². The third-order valence-corrected chi connectivity index (χ3v) is 5.05. The fourth-order valence-corrected chi connectivity index (χ4v) is 3.81.